The third-order valence-electron chi connectivity index (χ3n) is 1.21. The van der Waals surface area contributed by atoms with E-state index in [9.17, 15) is 4.79 Å². The van der Waals surface area contributed by atoms with Crippen molar-refractivity contribution in [1.82, 2.24) is 9.78 Å². The fraction of sp³-hybridized carbons (Fsp3) is 0.333. The lowest BCUT2D eigenvalue weighted by Gasteiger charge is -1.93. The Kier molecular flexibility index (Phi) is 2.34. The molecule has 0 aliphatic heterocycles. The van der Waals surface area contributed by atoms with Crippen LogP contribution in [0.2, 0.25) is 5.15 Å². The predicted molar refractivity (Wildman–Crippen MR) is 40.3 cm³/mol. The molecule has 0 aliphatic rings. The number of hydrogen-bond acceptors (Lipinski definition) is 2. The van der Waals surface area contributed by atoms with Crippen molar-refractivity contribution in [2.75, 3.05) is 0 Å². The maximum atomic E-state index is 10.9. The zero-order valence-electron chi connectivity index (χ0n) is 5.67. The third-order valence-corrected chi connectivity index (χ3v) is 1.40. The van der Waals surface area contributed by atoms with Crippen LogP contribution in [0.5, 0.6) is 0 Å². The van der Waals surface area contributed by atoms with Gasteiger partial charge in [-0.3, -0.25) is 14.6 Å². The molecule has 0 radical (unpaired) electrons. The number of rotatable bonds is 2. The summed E-state index contributed by atoms with van der Waals surface area (Å²) < 4.78 is 1.30. The fourth-order valence-corrected chi connectivity index (χ4v) is 0.926. The molecule has 0 amide bonds. The summed E-state index contributed by atoms with van der Waals surface area (Å²) >= 11 is 5.49. The molecule has 1 N–H and O–H groups in total. The first-order chi connectivity index (χ1) is 5.24. The van der Waals surface area contributed by atoms with E-state index in [0.29, 0.717) is 18.1 Å². The van der Waals surface area contributed by atoms with Crippen LogP contribution in [0.15, 0.2) is 10.9 Å². The summed E-state index contributed by atoms with van der Waals surface area (Å²) in [6.07, 6.45) is 0.302. The second kappa shape index (κ2) is 3.26. The Labute approximate surface area is 68.0 Å². The van der Waals surface area contributed by atoms with Crippen LogP contribution >= 0.6 is 11.6 Å². The first-order valence-corrected chi connectivity index (χ1v) is 3.44. The molecule has 0 bridgehead atoms. The van der Waals surface area contributed by atoms with E-state index in [-0.39, 0.29) is 5.56 Å². The van der Waals surface area contributed by atoms with Crippen molar-refractivity contribution in [2.45, 2.75) is 13.0 Å². The topological polar surface area (TPSA) is 61.6 Å². The van der Waals surface area contributed by atoms with Gasteiger partial charge in [0.25, 0.3) is 5.56 Å². The number of aromatic nitrogens is 2. The summed E-state index contributed by atoms with van der Waals surface area (Å²) in [6, 6.07) is 3.21. The van der Waals surface area contributed by atoms with E-state index >= 15 is 0 Å². The lowest BCUT2D eigenvalue weighted by molar-refractivity contribution is 0.608. The molecule has 58 valence electrons. The van der Waals surface area contributed by atoms with Crippen molar-refractivity contribution in [3.63, 3.8) is 0 Å². The molecule has 0 spiro atoms. The van der Waals surface area contributed by atoms with Gasteiger partial charge in [-0.15, -0.1) is 0 Å². The van der Waals surface area contributed by atoms with Crippen molar-refractivity contribution in [3.05, 3.63) is 21.6 Å². The summed E-state index contributed by atoms with van der Waals surface area (Å²) in [5.74, 6) is 0. The number of aromatic amines is 1. The third kappa shape index (κ3) is 1.85. The van der Waals surface area contributed by atoms with Crippen molar-refractivity contribution >= 4 is 11.6 Å². The van der Waals surface area contributed by atoms with Crippen LogP contribution in [0.4, 0.5) is 0 Å². The second-order valence-corrected chi connectivity index (χ2v) is 2.41. The molecule has 0 saturated heterocycles. The first kappa shape index (κ1) is 7.89. The van der Waals surface area contributed by atoms with Crippen molar-refractivity contribution in [3.8, 4) is 6.07 Å². The molecule has 0 atom stereocenters. The van der Waals surface area contributed by atoms with Crippen LogP contribution in [0.3, 0.4) is 0 Å². The van der Waals surface area contributed by atoms with Crippen molar-refractivity contribution in [2.24, 2.45) is 0 Å². The lowest BCUT2D eigenvalue weighted by Crippen LogP contribution is -2.15. The van der Waals surface area contributed by atoms with Crippen LogP contribution in [-0.4, -0.2) is 9.78 Å². The second-order valence-electron chi connectivity index (χ2n) is 2.00. The lowest BCUT2D eigenvalue weighted by atomic mass is 10.5. The standard InChI is InChI=1S/C6H6ClN3O/c7-5-4-6(11)10(9-5)3-1-2-8/h4,9H,1,3H2. The molecule has 0 fully saturated rings. The molecular formula is C6H6ClN3O. The molecule has 1 aromatic heterocycles. The molecular weight excluding hydrogens is 166 g/mol. The van der Waals surface area contributed by atoms with Gasteiger partial charge in [0.2, 0.25) is 0 Å². The molecule has 1 rings (SSSR count). The Balaban J connectivity index is 2.80. The number of hydrogen-bond donors (Lipinski definition) is 1. The predicted octanol–water partition coefficient (Wildman–Crippen LogP) is 0.743. The summed E-state index contributed by atoms with van der Waals surface area (Å²) in [6.45, 7) is 0.363. The number of halogens is 1. The van der Waals surface area contributed by atoms with E-state index in [0.717, 1.165) is 0 Å². The minimum atomic E-state index is -0.203. The maximum Gasteiger partial charge on any atom is 0.268 e. The van der Waals surface area contributed by atoms with Gasteiger partial charge < -0.3 is 0 Å². The summed E-state index contributed by atoms with van der Waals surface area (Å²) in [5.41, 5.74) is -0.203. The van der Waals surface area contributed by atoms with E-state index < -0.39 is 0 Å². The molecule has 0 aromatic carbocycles. The van der Waals surface area contributed by atoms with Gasteiger partial charge in [-0.05, 0) is 0 Å². The van der Waals surface area contributed by atoms with Crippen LogP contribution in [0.1, 0.15) is 6.42 Å². The van der Waals surface area contributed by atoms with Gasteiger partial charge in [-0.2, -0.15) is 5.26 Å². The molecule has 0 aliphatic carbocycles. The highest BCUT2D eigenvalue weighted by Gasteiger charge is 1.98. The SMILES string of the molecule is N#CCCn1[nH]c(Cl)cc1=O. The monoisotopic (exact) mass is 171 g/mol. The van der Waals surface area contributed by atoms with Crippen molar-refractivity contribution in [1.29, 1.82) is 5.26 Å². The summed E-state index contributed by atoms with van der Waals surface area (Å²) in [7, 11) is 0. The normalized spacial score (nSPS) is 9.45. The fourth-order valence-electron chi connectivity index (χ4n) is 0.731. The summed E-state index contributed by atoms with van der Waals surface area (Å²) in [5, 5.41) is 11.1. The number of H-pyrrole nitrogens is 1. The van der Waals surface area contributed by atoms with E-state index in [1.165, 1.54) is 10.7 Å². The average Bonchev–Trinajstić information content (AvgIpc) is 2.26. The molecule has 1 aromatic rings. The van der Waals surface area contributed by atoms with E-state index in [1.807, 2.05) is 6.07 Å². The molecule has 0 saturated carbocycles. The highest BCUT2D eigenvalue weighted by Crippen LogP contribution is 1.97. The largest absolute Gasteiger partial charge is 0.285 e. The zero-order chi connectivity index (χ0) is 8.27. The molecule has 1 heterocycles. The highest BCUT2D eigenvalue weighted by molar-refractivity contribution is 6.29. The molecule has 0 unspecified atom stereocenters. The Morgan fingerprint density at radius 1 is 1.82 bits per heavy atom. The highest BCUT2D eigenvalue weighted by atomic mass is 35.5. The van der Waals surface area contributed by atoms with Crippen LogP contribution in [0.25, 0.3) is 0 Å². The number of nitrogens with one attached hydrogen (secondary N) is 1. The van der Waals surface area contributed by atoms with Gasteiger partial charge >= 0.3 is 0 Å². The van der Waals surface area contributed by atoms with Gasteiger partial charge in [-0.1, -0.05) is 11.6 Å². The van der Waals surface area contributed by atoms with E-state index in [2.05, 4.69) is 5.10 Å². The molecule has 11 heavy (non-hydrogen) atoms. The minimum absolute atomic E-state index is 0.203. The van der Waals surface area contributed by atoms with E-state index in [1.54, 1.807) is 0 Å². The van der Waals surface area contributed by atoms with Gasteiger partial charge in [0, 0.05) is 6.07 Å². The van der Waals surface area contributed by atoms with Crippen LogP contribution < -0.4 is 5.56 Å². The maximum absolute atomic E-state index is 10.9. The quantitative estimate of drug-likeness (QED) is 0.714. The van der Waals surface area contributed by atoms with Crippen molar-refractivity contribution < 1.29 is 0 Å². The molecule has 5 heteroatoms. The Bertz CT molecular complexity index is 332. The zero-order valence-corrected chi connectivity index (χ0v) is 6.43. The van der Waals surface area contributed by atoms with Gasteiger partial charge in [0.1, 0.15) is 5.15 Å². The van der Waals surface area contributed by atoms with Crippen LogP contribution in [0, 0.1) is 11.3 Å². The Morgan fingerprint density at radius 2 is 2.55 bits per heavy atom. The molecule has 4 nitrogen and oxygen atoms in total. The van der Waals surface area contributed by atoms with E-state index in [4.69, 9.17) is 16.9 Å². The van der Waals surface area contributed by atoms with Gasteiger partial charge in [0.05, 0.1) is 19.0 Å². The Hall–Kier alpha value is -1.21. The minimum Gasteiger partial charge on any atom is -0.285 e. The first-order valence-electron chi connectivity index (χ1n) is 3.06. The van der Waals surface area contributed by atoms with Crippen LogP contribution in [-0.2, 0) is 6.54 Å². The number of aryl methyl sites for hydroxylation is 1. The Morgan fingerprint density at radius 3 is 3.00 bits per heavy atom. The summed E-state index contributed by atoms with van der Waals surface area (Å²) in [4.78, 5) is 10.9. The average molecular weight is 172 g/mol. The van der Waals surface area contributed by atoms with Gasteiger partial charge in [0.15, 0.2) is 0 Å². The number of nitrogens with zero attached hydrogens (tertiary/aromatic N) is 2. The van der Waals surface area contributed by atoms with Gasteiger partial charge in [-0.25, -0.2) is 0 Å². The smallest absolute Gasteiger partial charge is 0.268 e. The number of nitriles is 1.